The number of pyridine rings is 1. The second kappa shape index (κ2) is 7.87. The fourth-order valence-corrected chi connectivity index (χ4v) is 4.23. The zero-order valence-corrected chi connectivity index (χ0v) is 18.5. The summed E-state index contributed by atoms with van der Waals surface area (Å²) in [6, 6.07) is 2.05. The third-order valence-corrected chi connectivity index (χ3v) is 5.82. The first-order valence-corrected chi connectivity index (χ1v) is 10.4. The van der Waals surface area contributed by atoms with Crippen molar-refractivity contribution in [3.05, 3.63) is 42.1 Å². The molecule has 4 aromatic rings. The number of halogens is 3. The molecule has 0 aliphatic carbocycles. The van der Waals surface area contributed by atoms with Crippen molar-refractivity contribution < 1.29 is 22.7 Å². The van der Waals surface area contributed by atoms with Gasteiger partial charge in [0.15, 0.2) is 5.82 Å². The molecule has 178 valence electrons. The minimum absolute atomic E-state index is 0.00553. The van der Waals surface area contributed by atoms with Crippen molar-refractivity contribution in [3.63, 3.8) is 0 Å². The summed E-state index contributed by atoms with van der Waals surface area (Å²) in [5.74, 6) is -4.04. The minimum Gasteiger partial charge on any atom is -0.479 e. The Balaban J connectivity index is 1.61. The molecule has 34 heavy (non-hydrogen) atoms. The average molecular weight is 474 g/mol. The van der Waals surface area contributed by atoms with Crippen LogP contribution >= 0.6 is 0 Å². The van der Waals surface area contributed by atoms with Crippen LogP contribution in [0.25, 0.3) is 22.2 Å². The third kappa shape index (κ3) is 3.48. The van der Waals surface area contributed by atoms with Gasteiger partial charge in [0.25, 0.3) is 11.8 Å². The summed E-state index contributed by atoms with van der Waals surface area (Å²) in [5.41, 5.74) is 1.59. The molecular weight excluding hydrogens is 453 g/mol. The molecule has 0 unspecified atom stereocenters. The van der Waals surface area contributed by atoms with E-state index in [-0.39, 0.29) is 41.9 Å². The number of likely N-dealkylation sites (N-methyl/N-ethyl adjacent to an activating group) is 1. The topological polar surface area (TPSA) is 101 Å². The van der Waals surface area contributed by atoms with Crippen LogP contribution in [0.5, 0.6) is 5.88 Å². The number of likely N-dealkylation sites (tertiary alicyclic amines) is 1. The third-order valence-electron chi connectivity index (χ3n) is 5.82. The van der Waals surface area contributed by atoms with Crippen molar-refractivity contribution in [2.75, 3.05) is 39.6 Å². The van der Waals surface area contributed by atoms with Crippen molar-refractivity contribution in [2.45, 2.75) is 12.0 Å². The summed E-state index contributed by atoms with van der Waals surface area (Å²) >= 11 is 0. The first-order chi connectivity index (χ1) is 16.2. The van der Waals surface area contributed by atoms with Crippen LogP contribution in [0.1, 0.15) is 10.4 Å². The molecule has 1 saturated heterocycles. The standard InChI is InChI=1S/C21H21F3N8O2/c1-25-18(33)12-7-26-31-5-4-11(6-14(12)31)16-13(22)8-32-17(16)19(34-3)28-20(29-32)27-15-9-30(2)10-21(15,23)24/h4-8,15H,9-10H2,1-3H3,(H,25,33)(H,27,29)/t15-/m1/s1. The highest BCUT2D eigenvalue weighted by Gasteiger charge is 2.47. The summed E-state index contributed by atoms with van der Waals surface area (Å²) in [7, 11) is 4.45. The van der Waals surface area contributed by atoms with Crippen molar-refractivity contribution in [3.8, 4) is 17.0 Å². The highest BCUT2D eigenvalue weighted by molar-refractivity contribution is 6.01. The van der Waals surface area contributed by atoms with Gasteiger partial charge in [-0.3, -0.25) is 9.69 Å². The van der Waals surface area contributed by atoms with E-state index in [1.54, 1.807) is 25.4 Å². The SMILES string of the molecule is CNC(=O)c1cnn2ccc(-c3c(F)cn4nc(N[C@@H]5CN(C)CC5(F)F)nc(OC)c34)cc12. The average Bonchev–Trinajstić information content (AvgIpc) is 3.44. The van der Waals surface area contributed by atoms with Crippen LogP contribution < -0.4 is 15.4 Å². The maximum absolute atomic E-state index is 15.2. The largest absolute Gasteiger partial charge is 0.479 e. The van der Waals surface area contributed by atoms with Gasteiger partial charge in [0.1, 0.15) is 11.6 Å². The zero-order chi connectivity index (χ0) is 24.2. The monoisotopic (exact) mass is 474 g/mol. The summed E-state index contributed by atoms with van der Waals surface area (Å²) in [5, 5.41) is 13.5. The quantitative estimate of drug-likeness (QED) is 0.456. The van der Waals surface area contributed by atoms with E-state index in [0.717, 1.165) is 6.20 Å². The molecule has 0 aromatic carbocycles. The van der Waals surface area contributed by atoms with Gasteiger partial charge in [0, 0.05) is 19.8 Å². The van der Waals surface area contributed by atoms with Gasteiger partial charge in [-0.2, -0.15) is 10.1 Å². The highest BCUT2D eigenvalue weighted by atomic mass is 19.3. The molecule has 1 atom stereocenters. The van der Waals surface area contributed by atoms with Gasteiger partial charge in [-0.05, 0) is 24.7 Å². The number of amides is 1. The zero-order valence-electron chi connectivity index (χ0n) is 18.5. The number of alkyl halides is 2. The molecule has 1 fully saturated rings. The van der Waals surface area contributed by atoms with Gasteiger partial charge < -0.3 is 15.4 Å². The molecule has 0 bridgehead atoms. The van der Waals surface area contributed by atoms with E-state index in [1.165, 1.54) is 34.3 Å². The van der Waals surface area contributed by atoms with Crippen LogP contribution in [0.4, 0.5) is 19.1 Å². The minimum atomic E-state index is -2.98. The van der Waals surface area contributed by atoms with Crippen LogP contribution in [0.3, 0.4) is 0 Å². The van der Waals surface area contributed by atoms with E-state index in [0.29, 0.717) is 16.6 Å². The molecule has 10 nitrogen and oxygen atoms in total. The number of hydrogen-bond acceptors (Lipinski definition) is 7. The van der Waals surface area contributed by atoms with Crippen molar-refractivity contribution >= 4 is 22.9 Å². The number of ether oxygens (including phenoxy) is 1. The van der Waals surface area contributed by atoms with Gasteiger partial charge in [-0.25, -0.2) is 22.2 Å². The van der Waals surface area contributed by atoms with E-state index in [9.17, 15) is 13.6 Å². The smallest absolute Gasteiger partial charge is 0.281 e. The lowest BCUT2D eigenvalue weighted by molar-refractivity contribution is 0.00582. The Morgan fingerprint density at radius 1 is 1.32 bits per heavy atom. The van der Waals surface area contributed by atoms with Crippen LogP contribution in [-0.2, 0) is 0 Å². The van der Waals surface area contributed by atoms with Crippen molar-refractivity contribution in [1.29, 1.82) is 0 Å². The molecule has 0 radical (unpaired) electrons. The molecule has 1 aliphatic heterocycles. The Labute approximate surface area is 191 Å². The van der Waals surface area contributed by atoms with Gasteiger partial charge in [-0.15, -0.1) is 5.10 Å². The molecule has 4 aromatic heterocycles. The Morgan fingerprint density at radius 3 is 2.79 bits per heavy atom. The molecule has 5 rings (SSSR count). The summed E-state index contributed by atoms with van der Waals surface area (Å²) in [6.45, 7) is -0.289. The number of fused-ring (bicyclic) bond motifs is 2. The van der Waals surface area contributed by atoms with E-state index >= 15 is 4.39 Å². The lowest BCUT2D eigenvalue weighted by Gasteiger charge is -2.19. The van der Waals surface area contributed by atoms with Gasteiger partial charge in [-0.1, -0.05) is 0 Å². The first kappa shape index (κ1) is 21.9. The number of methoxy groups -OCH3 is 1. The van der Waals surface area contributed by atoms with Crippen LogP contribution in [-0.4, -0.2) is 81.3 Å². The Hall–Kier alpha value is -3.87. The van der Waals surface area contributed by atoms with E-state index in [2.05, 4.69) is 25.8 Å². The molecular formula is C21H21F3N8O2. The molecule has 0 saturated carbocycles. The predicted octanol–water partition coefficient (Wildman–Crippen LogP) is 1.91. The predicted molar refractivity (Wildman–Crippen MR) is 117 cm³/mol. The second-order valence-corrected chi connectivity index (χ2v) is 8.13. The molecule has 2 N–H and O–H groups in total. The fraction of sp³-hybridized carbons (Fsp3) is 0.333. The number of nitrogens with zero attached hydrogens (tertiary/aromatic N) is 6. The van der Waals surface area contributed by atoms with E-state index in [4.69, 9.17) is 4.74 Å². The normalized spacial score (nSPS) is 18.0. The molecule has 13 heteroatoms. The maximum Gasteiger partial charge on any atom is 0.281 e. The summed E-state index contributed by atoms with van der Waals surface area (Å²) in [4.78, 5) is 17.9. The van der Waals surface area contributed by atoms with Gasteiger partial charge in [0.05, 0.1) is 42.7 Å². The van der Waals surface area contributed by atoms with Crippen molar-refractivity contribution in [2.24, 2.45) is 0 Å². The number of carbonyl (C=O) groups excluding carboxylic acids is 1. The fourth-order valence-electron chi connectivity index (χ4n) is 4.23. The molecule has 5 heterocycles. The Bertz CT molecular complexity index is 1420. The van der Waals surface area contributed by atoms with Gasteiger partial charge in [0.2, 0.25) is 11.8 Å². The molecule has 1 aliphatic rings. The number of hydrogen-bond donors (Lipinski definition) is 2. The lowest BCUT2D eigenvalue weighted by Crippen LogP contribution is -2.38. The maximum atomic E-state index is 15.2. The van der Waals surface area contributed by atoms with Crippen LogP contribution in [0, 0.1) is 5.82 Å². The number of aromatic nitrogens is 5. The number of carbonyl (C=O) groups is 1. The molecule has 1 amide bonds. The Morgan fingerprint density at radius 2 is 2.12 bits per heavy atom. The highest BCUT2D eigenvalue weighted by Crippen LogP contribution is 2.35. The van der Waals surface area contributed by atoms with Crippen LogP contribution in [0.15, 0.2) is 30.7 Å². The van der Waals surface area contributed by atoms with Crippen molar-refractivity contribution in [1.82, 2.24) is 34.4 Å². The summed E-state index contributed by atoms with van der Waals surface area (Å²) < 4.78 is 51.8. The number of rotatable bonds is 5. The van der Waals surface area contributed by atoms with E-state index < -0.39 is 17.8 Å². The Kier molecular flexibility index (Phi) is 5.08. The number of nitrogens with one attached hydrogen (secondary N) is 2. The van der Waals surface area contributed by atoms with Crippen LogP contribution in [0.2, 0.25) is 0 Å². The van der Waals surface area contributed by atoms with E-state index in [1.807, 2.05) is 0 Å². The number of anilines is 1. The van der Waals surface area contributed by atoms with Gasteiger partial charge >= 0.3 is 0 Å². The first-order valence-electron chi connectivity index (χ1n) is 10.4. The molecule has 0 spiro atoms. The lowest BCUT2D eigenvalue weighted by atomic mass is 10.1. The summed E-state index contributed by atoms with van der Waals surface area (Å²) in [6.07, 6.45) is 4.14. The second-order valence-electron chi connectivity index (χ2n) is 8.13.